The van der Waals surface area contributed by atoms with E-state index in [9.17, 15) is 9.90 Å². The number of aliphatic hydroxyl groups excluding tert-OH is 1. The number of nitrogens with one attached hydrogen (secondary N) is 2. The molecule has 0 aliphatic carbocycles. The molecule has 0 bridgehead atoms. The van der Waals surface area contributed by atoms with Gasteiger partial charge < -0.3 is 24.9 Å². The molecule has 8 heteroatoms. The Hall–Kier alpha value is -4.43. The molecule has 0 radical (unpaired) electrons. The minimum absolute atomic E-state index is 0.0147. The summed E-state index contributed by atoms with van der Waals surface area (Å²) in [7, 11) is 0. The molecule has 0 saturated heterocycles. The minimum atomic E-state index is -0.206. The van der Waals surface area contributed by atoms with Gasteiger partial charge >= 0.3 is 0 Å². The van der Waals surface area contributed by atoms with Gasteiger partial charge in [-0.2, -0.15) is 0 Å². The highest BCUT2D eigenvalue weighted by molar-refractivity contribution is 6.07. The van der Waals surface area contributed by atoms with Crippen LogP contribution in [0, 0.1) is 0 Å². The van der Waals surface area contributed by atoms with Crippen molar-refractivity contribution in [3.8, 4) is 28.8 Å². The highest BCUT2D eigenvalue weighted by atomic mass is 16.5. The van der Waals surface area contributed by atoms with Crippen LogP contribution in [0.3, 0.4) is 0 Å². The lowest BCUT2D eigenvalue weighted by Crippen LogP contribution is -2.21. The molecule has 4 aromatic rings. The van der Waals surface area contributed by atoms with Gasteiger partial charge in [0.2, 0.25) is 0 Å². The van der Waals surface area contributed by atoms with Crippen molar-refractivity contribution >= 4 is 17.7 Å². The van der Waals surface area contributed by atoms with E-state index in [1.54, 1.807) is 24.5 Å². The number of amides is 1. The standard InChI is InChI=1S/C29H28N4O4/c1-29(2,3)20-5-4-6-21(13-20)33-28(35)19-11-18-12-23(7-8-26(18)36-17-19)37-24-9-10-30-25(14-24)27-31-15-22(16-34)32-27/h4-15,34H,16-17H2,1-3H3,(H,31,32)(H,33,35). The molecule has 2 aromatic heterocycles. The third-order valence-corrected chi connectivity index (χ3v) is 5.98. The molecular weight excluding hydrogens is 468 g/mol. The van der Waals surface area contributed by atoms with Crippen LogP contribution in [0.4, 0.5) is 5.69 Å². The zero-order chi connectivity index (χ0) is 26.0. The van der Waals surface area contributed by atoms with Crippen LogP contribution in [0.15, 0.2) is 72.6 Å². The molecule has 0 saturated carbocycles. The first-order valence-corrected chi connectivity index (χ1v) is 12.0. The van der Waals surface area contributed by atoms with Gasteiger partial charge in [-0.05, 0) is 53.5 Å². The van der Waals surface area contributed by atoms with E-state index in [1.807, 2.05) is 42.5 Å². The number of hydrogen-bond donors (Lipinski definition) is 3. The maximum absolute atomic E-state index is 13.0. The summed E-state index contributed by atoms with van der Waals surface area (Å²) in [5, 5.41) is 12.2. The van der Waals surface area contributed by atoms with Crippen molar-refractivity contribution < 1.29 is 19.4 Å². The molecule has 1 amide bonds. The number of anilines is 1. The second-order valence-corrected chi connectivity index (χ2v) is 9.84. The van der Waals surface area contributed by atoms with Gasteiger partial charge in [0.1, 0.15) is 29.5 Å². The highest BCUT2D eigenvalue weighted by Gasteiger charge is 2.19. The molecule has 3 N–H and O–H groups in total. The zero-order valence-corrected chi connectivity index (χ0v) is 20.9. The lowest BCUT2D eigenvalue weighted by atomic mass is 9.87. The first-order chi connectivity index (χ1) is 17.8. The van der Waals surface area contributed by atoms with Crippen LogP contribution in [0.25, 0.3) is 17.6 Å². The van der Waals surface area contributed by atoms with E-state index < -0.39 is 0 Å². The molecule has 0 spiro atoms. The SMILES string of the molecule is CC(C)(C)c1cccc(NC(=O)C2=Cc3cc(Oc4ccnc(-c5ncc(CO)[nH]5)c4)ccc3OC2)c1. The Morgan fingerprint density at radius 1 is 1.11 bits per heavy atom. The summed E-state index contributed by atoms with van der Waals surface area (Å²) in [6, 6.07) is 16.9. The van der Waals surface area contributed by atoms with E-state index in [1.165, 1.54) is 0 Å². The van der Waals surface area contributed by atoms with E-state index in [0.717, 1.165) is 16.8 Å². The number of H-pyrrole nitrogens is 1. The number of rotatable bonds is 6. The van der Waals surface area contributed by atoms with Crippen LogP contribution in [0.5, 0.6) is 17.2 Å². The van der Waals surface area contributed by atoms with E-state index in [4.69, 9.17) is 9.47 Å². The molecule has 8 nitrogen and oxygen atoms in total. The smallest absolute Gasteiger partial charge is 0.255 e. The Bertz CT molecular complexity index is 1480. The Morgan fingerprint density at radius 3 is 2.73 bits per heavy atom. The monoisotopic (exact) mass is 496 g/mol. The number of nitrogens with zero attached hydrogens (tertiary/aromatic N) is 2. The van der Waals surface area contributed by atoms with Gasteiger partial charge in [0.05, 0.1) is 24.1 Å². The molecule has 37 heavy (non-hydrogen) atoms. The van der Waals surface area contributed by atoms with Crippen molar-refractivity contribution in [3.05, 3.63) is 89.4 Å². The summed E-state index contributed by atoms with van der Waals surface area (Å²) in [5.74, 6) is 2.18. The van der Waals surface area contributed by atoms with Gasteiger partial charge in [-0.15, -0.1) is 0 Å². The number of aliphatic hydroxyl groups is 1. The maximum Gasteiger partial charge on any atom is 0.255 e. The number of benzene rings is 2. The fourth-order valence-electron chi connectivity index (χ4n) is 3.93. The Kier molecular flexibility index (Phi) is 6.50. The molecular formula is C29H28N4O4. The predicted molar refractivity (Wildman–Crippen MR) is 142 cm³/mol. The van der Waals surface area contributed by atoms with Crippen molar-refractivity contribution in [2.24, 2.45) is 0 Å². The number of ether oxygens (including phenoxy) is 2. The Morgan fingerprint density at radius 2 is 1.95 bits per heavy atom. The van der Waals surface area contributed by atoms with Gasteiger partial charge in [0.15, 0.2) is 5.82 Å². The number of fused-ring (bicyclic) bond motifs is 1. The average Bonchev–Trinajstić information content (AvgIpc) is 3.38. The fraction of sp³-hybridized carbons (Fsp3) is 0.207. The Labute approximate surface area is 215 Å². The summed E-state index contributed by atoms with van der Waals surface area (Å²) >= 11 is 0. The van der Waals surface area contributed by atoms with Gasteiger partial charge in [0.25, 0.3) is 5.91 Å². The molecule has 1 aliphatic rings. The average molecular weight is 497 g/mol. The number of carbonyl (C=O) groups excluding carboxylic acids is 1. The van der Waals surface area contributed by atoms with Crippen LogP contribution in [0.2, 0.25) is 0 Å². The van der Waals surface area contributed by atoms with Gasteiger partial charge in [0, 0.05) is 23.5 Å². The van der Waals surface area contributed by atoms with Crippen molar-refractivity contribution in [2.45, 2.75) is 32.8 Å². The van der Waals surface area contributed by atoms with Crippen LogP contribution in [-0.2, 0) is 16.8 Å². The normalized spacial score (nSPS) is 12.8. The summed E-state index contributed by atoms with van der Waals surface area (Å²) in [6.07, 6.45) is 5.02. The number of imidazole rings is 1. The summed E-state index contributed by atoms with van der Waals surface area (Å²) < 4.78 is 11.9. The zero-order valence-electron chi connectivity index (χ0n) is 20.9. The quantitative estimate of drug-likeness (QED) is 0.327. The molecule has 1 aliphatic heterocycles. The minimum Gasteiger partial charge on any atom is -0.488 e. The molecule has 188 valence electrons. The Balaban J connectivity index is 1.33. The second-order valence-electron chi connectivity index (χ2n) is 9.84. The third-order valence-electron chi connectivity index (χ3n) is 5.98. The molecule has 2 aromatic carbocycles. The molecule has 5 rings (SSSR count). The number of pyridine rings is 1. The third kappa shape index (κ3) is 5.54. The van der Waals surface area contributed by atoms with Crippen LogP contribution >= 0.6 is 0 Å². The second kappa shape index (κ2) is 9.91. The first-order valence-electron chi connectivity index (χ1n) is 12.0. The fourth-order valence-corrected chi connectivity index (χ4v) is 3.93. The van der Waals surface area contributed by atoms with Gasteiger partial charge in [-0.1, -0.05) is 32.9 Å². The van der Waals surface area contributed by atoms with Crippen molar-refractivity contribution in [1.82, 2.24) is 15.0 Å². The van der Waals surface area contributed by atoms with Crippen molar-refractivity contribution in [1.29, 1.82) is 0 Å². The van der Waals surface area contributed by atoms with E-state index >= 15 is 0 Å². The van der Waals surface area contributed by atoms with Gasteiger partial charge in [-0.25, -0.2) is 4.98 Å². The van der Waals surface area contributed by atoms with Crippen LogP contribution < -0.4 is 14.8 Å². The van der Waals surface area contributed by atoms with Crippen LogP contribution in [0.1, 0.15) is 37.6 Å². The molecule has 0 fully saturated rings. The number of aromatic nitrogens is 3. The van der Waals surface area contributed by atoms with Crippen molar-refractivity contribution in [2.75, 3.05) is 11.9 Å². The number of aromatic amines is 1. The lowest BCUT2D eigenvalue weighted by molar-refractivity contribution is -0.113. The van der Waals surface area contributed by atoms with E-state index in [0.29, 0.717) is 40.0 Å². The highest BCUT2D eigenvalue weighted by Crippen LogP contribution is 2.33. The van der Waals surface area contributed by atoms with Crippen molar-refractivity contribution in [3.63, 3.8) is 0 Å². The van der Waals surface area contributed by atoms with Gasteiger partial charge in [-0.3, -0.25) is 9.78 Å². The first kappa shape index (κ1) is 24.3. The summed E-state index contributed by atoms with van der Waals surface area (Å²) in [6.45, 7) is 6.47. The molecule has 0 atom stereocenters. The predicted octanol–water partition coefficient (Wildman–Crippen LogP) is 5.47. The summed E-state index contributed by atoms with van der Waals surface area (Å²) in [4.78, 5) is 24.6. The van der Waals surface area contributed by atoms with E-state index in [-0.39, 0.29) is 24.5 Å². The number of hydrogen-bond acceptors (Lipinski definition) is 6. The maximum atomic E-state index is 13.0. The molecule has 0 unspecified atom stereocenters. The van der Waals surface area contributed by atoms with E-state index in [2.05, 4.69) is 47.1 Å². The lowest BCUT2D eigenvalue weighted by Gasteiger charge is -2.21. The summed E-state index contributed by atoms with van der Waals surface area (Å²) in [5.41, 5.74) is 4.35. The van der Waals surface area contributed by atoms with Crippen LogP contribution in [-0.4, -0.2) is 32.6 Å². The number of carbonyl (C=O) groups is 1. The molecule has 3 heterocycles. The largest absolute Gasteiger partial charge is 0.488 e. The topological polar surface area (TPSA) is 109 Å².